The van der Waals surface area contributed by atoms with Crippen LogP contribution in [-0.4, -0.2) is 83.9 Å². The van der Waals surface area contributed by atoms with Gasteiger partial charge in [-0.15, -0.1) is 12.4 Å². The third-order valence-corrected chi connectivity index (χ3v) is 0. The average Bonchev–Trinajstić information content (AvgIpc) is 0. The molecule has 0 spiro atoms. The van der Waals surface area contributed by atoms with Gasteiger partial charge in [0.15, 0.2) is 0 Å². The van der Waals surface area contributed by atoms with Gasteiger partial charge < -0.3 is 5.48 Å². The van der Waals surface area contributed by atoms with Crippen LogP contribution in [0.4, 0.5) is 0 Å². The number of rotatable bonds is 0. The quantitative estimate of drug-likeness (QED) is 0.422. The molecule has 4 heavy (non-hydrogen) atoms. The Morgan fingerprint density at radius 3 is 1.00 bits per heavy atom. The molecule has 0 bridgehead atoms. The van der Waals surface area contributed by atoms with Gasteiger partial charge in [-0.2, -0.15) is 0 Å². The van der Waals surface area contributed by atoms with Crippen LogP contribution in [0.2, 0.25) is 0 Å². The maximum absolute atomic E-state index is 0. The van der Waals surface area contributed by atoms with E-state index in [-0.39, 0.29) is 96.3 Å². The Balaban J connectivity index is 0. The van der Waals surface area contributed by atoms with Gasteiger partial charge in [-0.1, -0.05) is 0 Å². The van der Waals surface area contributed by atoms with E-state index < -0.39 is 0 Å². The molecule has 22 valence electrons. The summed E-state index contributed by atoms with van der Waals surface area (Å²) >= 11 is 0. The topological polar surface area (TPSA) is 31.5 Å². The summed E-state index contributed by atoms with van der Waals surface area (Å²) in [6, 6.07) is 0. The van der Waals surface area contributed by atoms with E-state index in [4.69, 9.17) is 0 Å². The second-order valence-electron chi connectivity index (χ2n) is 0. The van der Waals surface area contributed by atoms with Gasteiger partial charge in [0.05, 0.1) is 0 Å². The predicted octanol–water partition coefficient (Wildman–Crippen LogP) is -1.97. The minimum atomic E-state index is 0. The standard InChI is InChI=1S/Ba.ClH.Na.H2O.3H/h;1H;;1H2;;;. The third kappa shape index (κ3) is 8.84. The van der Waals surface area contributed by atoms with Crippen molar-refractivity contribution in [1.82, 2.24) is 0 Å². The zero-order chi connectivity index (χ0) is 0. The second kappa shape index (κ2) is 17.0. The molecular formula is H6BaClNaO. The molecule has 0 fully saturated rings. The van der Waals surface area contributed by atoms with E-state index in [9.17, 15) is 0 Å². The van der Waals surface area contributed by atoms with Gasteiger partial charge >= 0.3 is 78.4 Å². The van der Waals surface area contributed by atoms with E-state index in [2.05, 4.69) is 0 Å². The molecule has 0 aromatic rings. The summed E-state index contributed by atoms with van der Waals surface area (Å²) in [6.07, 6.45) is 0. The monoisotopic (exact) mass is 218 g/mol. The first kappa shape index (κ1) is 29.0. The van der Waals surface area contributed by atoms with Gasteiger partial charge in [0.1, 0.15) is 0 Å². The summed E-state index contributed by atoms with van der Waals surface area (Å²) < 4.78 is 0. The van der Waals surface area contributed by atoms with Crippen LogP contribution in [0.1, 0.15) is 0 Å². The predicted molar refractivity (Wildman–Crippen MR) is 26.6 cm³/mol. The molecule has 0 aliphatic carbocycles. The molecule has 0 amide bonds. The van der Waals surface area contributed by atoms with Crippen LogP contribution in [0, 0.1) is 0 Å². The van der Waals surface area contributed by atoms with Crippen molar-refractivity contribution in [2.24, 2.45) is 0 Å². The summed E-state index contributed by atoms with van der Waals surface area (Å²) in [4.78, 5) is 0. The number of halogens is 1. The van der Waals surface area contributed by atoms with Crippen LogP contribution in [0.25, 0.3) is 0 Å². The van der Waals surface area contributed by atoms with E-state index in [1.165, 1.54) is 0 Å². The second-order valence-corrected chi connectivity index (χ2v) is 0. The summed E-state index contributed by atoms with van der Waals surface area (Å²) in [6.45, 7) is 0. The van der Waals surface area contributed by atoms with E-state index in [1.54, 1.807) is 0 Å². The average molecular weight is 218 g/mol. The van der Waals surface area contributed by atoms with E-state index in [0.717, 1.165) is 0 Å². The molecule has 0 aromatic carbocycles. The molecule has 0 aliphatic rings. The van der Waals surface area contributed by atoms with Gasteiger partial charge in [-0.3, -0.25) is 0 Å². The fourth-order valence-corrected chi connectivity index (χ4v) is 0. The van der Waals surface area contributed by atoms with Crippen molar-refractivity contribution in [1.29, 1.82) is 0 Å². The summed E-state index contributed by atoms with van der Waals surface area (Å²) in [5, 5.41) is 0. The molecule has 0 rings (SSSR count). The molecule has 2 N–H and O–H groups in total. The van der Waals surface area contributed by atoms with Gasteiger partial charge in [0.2, 0.25) is 0 Å². The van der Waals surface area contributed by atoms with Crippen molar-refractivity contribution in [2.75, 3.05) is 0 Å². The maximum atomic E-state index is 0. The van der Waals surface area contributed by atoms with Crippen molar-refractivity contribution < 1.29 is 5.48 Å². The third-order valence-electron chi connectivity index (χ3n) is 0. The van der Waals surface area contributed by atoms with Gasteiger partial charge in [-0.05, 0) is 0 Å². The van der Waals surface area contributed by atoms with Crippen molar-refractivity contribution in [3.05, 3.63) is 0 Å². The minimum absolute atomic E-state index is 0. The van der Waals surface area contributed by atoms with Gasteiger partial charge in [0.25, 0.3) is 0 Å². The zero-order valence-corrected chi connectivity index (χ0v) is 1.72. The SMILES string of the molecule is Cl.O.[BaH2].[NaH]. The van der Waals surface area contributed by atoms with Gasteiger partial charge in [-0.25, -0.2) is 0 Å². The van der Waals surface area contributed by atoms with E-state index >= 15 is 0 Å². The molecule has 0 saturated heterocycles. The molecule has 0 heterocycles. The Morgan fingerprint density at radius 2 is 1.00 bits per heavy atom. The Morgan fingerprint density at radius 1 is 1.00 bits per heavy atom. The molecule has 0 unspecified atom stereocenters. The molecule has 0 saturated carbocycles. The van der Waals surface area contributed by atoms with Crippen LogP contribution in [-0.2, 0) is 0 Å². The van der Waals surface area contributed by atoms with Crippen LogP contribution in [0.15, 0.2) is 0 Å². The van der Waals surface area contributed by atoms with Crippen LogP contribution >= 0.6 is 12.4 Å². The first-order chi connectivity index (χ1) is 0. The number of hydrogen-bond acceptors (Lipinski definition) is 0. The van der Waals surface area contributed by atoms with Crippen molar-refractivity contribution in [3.63, 3.8) is 0 Å². The van der Waals surface area contributed by atoms with Crippen LogP contribution in [0.5, 0.6) is 0 Å². The van der Waals surface area contributed by atoms with E-state index in [0.29, 0.717) is 0 Å². The first-order valence-electron chi connectivity index (χ1n) is 0. The van der Waals surface area contributed by atoms with E-state index in [1.807, 2.05) is 0 Å². The van der Waals surface area contributed by atoms with Crippen LogP contribution < -0.4 is 0 Å². The van der Waals surface area contributed by atoms with Crippen LogP contribution in [0.3, 0.4) is 0 Å². The van der Waals surface area contributed by atoms with Gasteiger partial charge in [0, 0.05) is 0 Å². The number of hydrogen-bond donors (Lipinski definition) is 0. The van der Waals surface area contributed by atoms with Crippen molar-refractivity contribution >= 4 is 90.8 Å². The molecule has 1 nitrogen and oxygen atoms in total. The zero-order valence-electron chi connectivity index (χ0n) is 0.908. The van der Waals surface area contributed by atoms with Crippen molar-refractivity contribution in [2.45, 2.75) is 0 Å². The normalized spacial score (nSPS) is 0. The molecule has 0 atom stereocenters. The molecular weight excluding hydrogens is 212 g/mol. The Bertz CT molecular complexity index is 8.00. The Kier molecular flexibility index (Phi) is 123. The molecule has 0 aromatic heterocycles. The summed E-state index contributed by atoms with van der Waals surface area (Å²) in [5.41, 5.74) is 0. The molecule has 0 aliphatic heterocycles. The Labute approximate surface area is 94.0 Å². The summed E-state index contributed by atoms with van der Waals surface area (Å²) in [7, 11) is 0. The van der Waals surface area contributed by atoms with Crippen molar-refractivity contribution in [3.8, 4) is 0 Å². The molecule has 4 heteroatoms. The summed E-state index contributed by atoms with van der Waals surface area (Å²) in [5.74, 6) is 0. The fraction of sp³-hybridized carbons (Fsp3) is 0. The Hall–Kier alpha value is 2.82. The molecule has 0 radical (unpaired) electrons. The fourth-order valence-electron chi connectivity index (χ4n) is 0. The first-order valence-corrected chi connectivity index (χ1v) is 0.